The summed E-state index contributed by atoms with van der Waals surface area (Å²) in [6, 6.07) is -0.414. The summed E-state index contributed by atoms with van der Waals surface area (Å²) < 4.78 is 5.62. The van der Waals surface area contributed by atoms with Crippen molar-refractivity contribution in [3.8, 4) is 0 Å². The Balaban J connectivity index is 2.20. The molecular formula is C16H30N2O3. The minimum atomic E-state index is -0.625. The topological polar surface area (TPSA) is 84.6 Å². The summed E-state index contributed by atoms with van der Waals surface area (Å²) in [5.74, 6) is 0.876. The lowest BCUT2D eigenvalue weighted by molar-refractivity contribution is -0.121. The summed E-state index contributed by atoms with van der Waals surface area (Å²) in [5.41, 5.74) is 5.32. The van der Waals surface area contributed by atoms with Crippen molar-refractivity contribution in [3.63, 3.8) is 0 Å². The summed E-state index contributed by atoms with van der Waals surface area (Å²) >= 11 is 0. The van der Waals surface area contributed by atoms with Crippen LogP contribution in [-0.4, -0.2) is 42.9 Å². The van der Waals surface area contributed by atoms with E-state index in [0.717, 1.165) is 12.8 Å². The van der Waals surface area contributed by atoms with E-state index in [2.05, 4.69) is 24.4 Å². The van der Waals surface area contributed by atoms with E-state index in [4.69, 9.17) is 10.5 Å². The van der Waals surface area contributed by atoms with Crippen LogP contribution in [0, 0.1) is 17.8 Å². The zero-order chi connectivity index (χ0) is 15.8. The standard InChI is InChI=1S/C16H30N2O3/c1-11(2)15(16(17)20)18-8-14(19)10-21-9-13-7-5-4-6-12(13)3/h4-5,11-15,18-19H,6-10H2,1-3H3,(H2,17,20). The molecule has 21 heavy (non-hydrogen) atoms. The van der Waals surface area contributed by atoms with Gasteiger partial charge in [-0.25, -0.2) is 0 Å². The monoisotopic (exact) mass is 298 g/mol. The predicted molar refractivity (Wildman–Crippen MR) is 83.7 cm³/mol. The quantitative estimate of drug-likeness (QED) is 0.556. The van der Waals surface area contributed by atoms with Crippen LogP contribution in [-0.2, 0) is 9.53 Å². The number of carbonyl (C=O) groups is 1. The second kappa shape index (κ2) is 9.18. The highest BCUT2D eigenvalue weighted by Crippen LogP contribution is 2.24. The Bertz CT molecular complexity index is 344. The SMILES string of the molecule is CC(C)C(NCC(O)COCC1CC=CCC1C)C(N)=O. The van der Waals surface area contributed by atoms with E-state index in [1.165, 1.54) is 0 Å². The van der Waals surface area contributed by atoms with Crippen LogP contribution >= 0.6 is 0 Å². The maximum atomic E-state index is 11.3. The molecule has 0 aliphatic heterocycles. The van der Waals surface area contributed by atoms with Crippen molar-refractivity contribution in [2.75, 3.05) is 19.8 Å². The Kier molecular flexibility index (Phi) is 7.93. The van der Waals surface area contributed by atoms with Crippen molar-refractivity contribution >= 4 is 5.91 Å². The van der Waals surface area contributed by atoms with Crippen LogP contribution < -0.4 is 11.1 Å². The Morgan fingerprint density at radius 2 is 2.10 bits per heavy atom. The number of amides is 1. The number of nitrogens with two attached hydrogens (primary N) is 1. The second-order valence-electron chi connectivity index (χ2n) is 6.40. The van der Waals surface area contributed by atoms with E-state index in [0.29, 0.717) is 25.0 Å². The van der Waals surface area contributed by atoms with Gasteiger partial charge < -0.3 is 20.9 Å². The first-order valence-corrected chi connectivity index (χ1v) is 7.85. The normalized spacial score (nSPS) is 25.0. The van der Waals surface area contributed by atoms with Gasteiger partial charge in [-0.05, 0) is 30.6 Å². The lowest BCUT2D eigenvalue weighted by Gasteiger charge is -2.26. The zero-order valence-corrected chi connectivity index (χ0v) is 13.4. The number of aliphatic hydroxyl groups is 1. The van der Waals surface area contributed by atoms with Gasteiger partial charge in [-0.2, -0.15) is 0 Å². The first-order chi connectivity index (χ1) is 9.91. The fourth-order valence-corrected chi connectivity index (χ4v) is 2.58. The largest absolute Gasteiger partial charge is 0.389 e. The summed E-state index contributed by atoms with van der Waals surface area (Å²) in [5, 5.41) is 12.9. The average Bonchev–Trinajstić information content (AvgIpc) is 2.40. The zero-order valence-electron chi connectivity index (χ0n) is 13.4. The van der Waals surface area contributed by atoms with Crippen LogP contribution in [0.15, 0.2) is 12.2 Å². The molecule has 4 N–H and O–H groups in total. The summed E-state index contributed by atoms with van der Waals surface area (Å²) in [4.78, 5) is 11.3. The van der Waals surface area contributed by atoms with Gasteiger partial charge in [-0.1, -0.05) is 32.9 Å². The number of hydrogen-bond acceptors (Lipinski definition) is 4. The van der Waals surface area contributed by atoms with Crippen molar-refractivity contribution < 1.29 is 14.6 Å². The van der Waals surface area contributed by atoms with Gasteiger partial charge in [0.25, 0.3) is 0 Å². The highest BCUT2D eigenvalue weighted by molar-refractivity contribution is 5.80. The van der Waals surface area contributed by atoms with Crippen molar-refractivity contribution in [2.24, 2.45) is 23.5 Å². The van der Waals surface area contributed by atoms with Crippen molar-refractivity contribution in [3.05, 3.63) is 12.2 Å². The summed E-state index contributed by atoms with van der Waals surface area (Å²) in [7, 11) is 0. The molecule has 4 atom stereocenters. The van der Waals surface area contributed by atoms with Gasteiger partial charge >= 0.3 is 0 Å². The summed E-state index contributed by atoms with van der Waals surface area (Å²) in [6.45, 7) is 7.34. The molecule has 0 aromatic heterocycles. The van der Waals surface area contributed by atoms with E-state index in [9.17, 15) is 9.90 Å². The molecular weight excluding hydrogens is 268 g/mol. The lowest BCUT2D eigenvalue weighted by atomic mass is 9.85. The molecule has 1 rings (SSSR count). The van der Waals surface area contributed by atoms with Crippen molar-refractivity contribution in [2.45, 2.75) is 45.8 Å². The number of ether oxygens (including phenoxy) is 1. The van der Waals surface area contributed by atoms with Gasteiger partial charge in [0.2, 0.25) is 5.91 Å². The van der Waals surface area contributed by atoms with Crippen molar-refractivity contribution in [1.82, 2.24) is 5.32 Å². The number of hydrogen-bond donors (Lipinski definition) is 3. The van der Waals surface area contributed by atoms with Gasteiger partial charge in [0.1, 0.15) is 0 Å². The third-order valence-electron chi connectivity index (χ3n) is 4.11. The predicted octanol–water partition coefficient (Wildman–Crippen LogP) is 1.07. The fraction of sp³-hybridized carbons (Fsp3) is 0.812. The molecule has 0 saturated heterocycles. The van der Waals surface area contributed by atoms with Crippen LogP contribution in [0.1, 0.15) is 33.6 Å². The van der Waals surface area contributed by atoms with Gasteiger partial charge in [-0.3, -0.25) is 4.79 Å². The van der Waals surface area contributed by atoms with Crippen LogP contribution in [0.3, 0.4) is 0 Å². The van der Waals surface area contributed by atoms with Crippen LogP contribution in [0.5, 0.6) is 0 Å². The molecule has 1 aliphatic carbocycles. The molecule has 5 nitrogen and oxygen atoms in total. The molecule has 0 aromatic carbocycles. The number of aliphatic hydroxyl groups excluding tert-OH is 1. The molecule has 0 heterocycles. The minimum absolute atomic E-state index is 0.102. The fourth-order valence-electron chi connectivity index (χ4n) is 2.58. The van der Waals surface area contributed by atoms with E-state index < -0.39 is 12.1 Å². The maximum Gasteiger partial charge on any atom is 0.234 e. The van der Waals surface area contributed by atoms with Crippen LogP contribution in [0.4, 0.5) is 0 Å². The molecule has 0 spiro atoms. The van der Waals surface area contributed by atoms with Gasteiger partial charge in [0, 0.05) is 6.54 Å². The molecule has 5 heteroatoms. The Hall–Kier alpha value is -0.910. The molecule has 1 amide bonds. The third-order valence-corrected chi connectivity index (χ3v) is 4.11. The number of nitrogens with one attached hydrogen (secondary N) is 1. The average molecular weight is 298 g/mol. The highest BCUT2D eigenvalue weighted by Gasteiger charge is 2.21. The van der Waals surface area contributed by atoms with Crippen molar-refractivity contribution in [1.29, 1.82) is 0 Å². The van der Waals surface area contributed by atoms with E-state index in [1.807, 2.05) is 13.8 Å². The third kappa shape index (κ3) is 6.59. The molecule has 122 valence electrons. The van der Waals surface area contributed by atoms with Gasteiger partial charge in [-0.15, -0.1) is 0 Å². The Morgan fingerprint density at radius 1 is 1.43 bits per heavy atom. The molecule has 0 bridgehead atoms. The molecule has 4 unspecified atom stereocenters. The molecule has 0 radical (unpaired) electrons. The summed E-state index contributed by atoms with van der Waals surface area (Å²) in [6.07, 6.45) is 5.95. The second-order valence-corrected chi connectivity index (χ2v) is 6.40. The van der Waals surface area contributed by atoms with Crippen LogP contribution in [0.25, 0.3) is 0 Å². The van der Waals surface area contributed by atoms with Gasteiger partial charge in [0.15, 0.2) is 0 Å². The van der Waals surface area contributed by atoms with E-state index >= 15 is 0 Å². The van der Waals surface area contributed by atoms with E-state index in [-0.39, 0.29) is 18.4 Å². The number of allylic oxidation sites excluding steroid dienone is 2. The molecule has 0 saturated carbocycles. The number of primary amides is 1. The highest BCUT2D eigenvalue weighted by atomic mass is 16.5. The maximum absolute atomic E-state index is 11.3. The smallest absolute Gasteiger partial charge is 0.234 e. The molecule has 0 aromatic rings. The number of carbonyl (C=O) groups excluding carboxylic acids is 1. The first-order valence-electron chi connectivity index (χ1n) is 7.85. The molecule has 1 aliphatic rings. The Labute approximate surface area is 127 Å². The van der Waals surface area contributed by atoms with Gasteiger partial charge in [0.05, 0.1) is 25.4 Å². The Morgan fingerprint density at radius 3 is 2.67 bits per heavy atom. The first kappa shape index (κ1) is 18.1. The number of rotatable bonds is 9. The van der Waals surface area contributed by atoms with E-state index in [1.54, 1.807) is 0 Å². The molecule has 0 fully saturated rings. The van der Waals surface area contributed by atoms with Crippen LogP contribution in [0.2, 0.25) is 0 Å². The minimum Gasteiger partial charge on any atom is -0.389 e. The lowest BCUT2D eigenvalue weighted by Crippen LogP contribution is -2.48.